The van der Waals surface area contributed by atoms with Gasteiger partial charge in [-0.05, 0) is 67.0 Å². The molecule has 0 saturated carbocycles. The summed E-state index contributed by atoms with van der Waals surface area (Å²) in [5.74, 6) is 1.35. The molecule has 0 amide bonds. The van der Waals surface area contributed by atoms with E-state index in [4.69, 9.17) is 23.5 Å². The standard InChI is InChI=1S/C49H70N6S/c1-7-11-18-32-53(33-19-12-8-2)41-28-24-38(25-29-41)43-45(50)46(52-56)44(39-26-30-42(31-27-39)54(34-20-13-9-3)35-21-14-10-4)47-48(43)55(36-37(5)6)49(51-47)40-22-16-15-17-23-40/h15-17,22-31,37,52,56H,7-14,18-21,32-36,50H2,1-6H3. The number of thiol groups is 1. The zero-order valence-corrected chi connectivity index (χ0v) is 36.3. The SMILES string of the molecule is CCCCCN(CCCCC)c1ccc(-c2c(NS)c(N)c(-c3ccc(N(CCCCC)CCCCC)cc3)c3c2nc(-c2ccccc2)n3CC(C)C)cc1. The lowest BCUT2D eigenvalue weighted by atomic mass is 9.93. The Balaban J connectivity index is 1.69. The Morgan fingerprint density at radius 3 is 1.46 bits per heavy atom. The summed E-state index contributed by atoms with van der Waals surface area (Å²) in [7, 11) is 0. The molecule has 0 aliphatic heterocycles. The van der Waals surface area contributed by atoms with Gasteiger partial charge in [-0.3, -0.25) is 0 Å². The minimum atomic E-state index is 0.392. The van der Waals surface area contributed by atoms with Crippen LogP contribution in [0.25, 0.3) is 44.7 Å². The third kappa shape index (κ3) is 10.6. The number of aromatic nitrogens is 2. The van der Waals surface area contributed by atoms with Crippen LogP contribution < -0.4 is 20.3 Å². The van der Waals surface area contributed by atoms with Crippen molar-refractivity contribution in [3.63, 3.8) is 0 Å². The Hall–Kier alpha value is -4.10. The first kappa shape index (κ1) is 43.0. The highest BCUT2D eigenvalue weighted by Crippen LogP contribution is 2.48. The van der Waals surface area contributed by atoms with Gasteiger partial charge in [-0.2, -0.15) is 0 Å². The number of rotatable bonds is 24. The molecule has 5 rings (SSSR count). The molecule has 1 aromatic heterocycles. The van der Waals surface area contributed by atoms with Gasteiger partial charge in [0.1, 0.15) is 5.82 Å². The van der Waals surface area contributed by atoms with Crippen LogP contribution in [0, 0.1) is 5.92 Å². The summed E-state index contributed by atoms with van der Waals surface area (Å²) in [6.07, 6.45) is 14.8. The minimum Gasteiger partial charge on any atom is -0.396 e. The molecule has 302 valence electrons. The molecule has 0 atom stereocenters. The van der Waals surface area contributed by atoms with Crippen molar-refractivity contribution >= 4 is 46.6 Å². The molecule has 3 N–H and O–H groups in total. The topological polar surface area (TPSA) is 62.4 Å². The van der Waals surface area contributed by atoms with Gasteiger partial charge in [0.25, 0.3) is 0 Å². The summed E-state index contributed by atoms with van der Waals surface area (Å²) >= 11 is 4.74. The zero-order valence-electron chi connectivity index (χ0n) is 35.4. The molecule has 0 bridgehead atoms. The first-order chi connectivity index (χ1) is 27.4. The van der Waals surface area contributed by atoms with Gasteiger partial charge in [-0.1, -0.05) is 160 Å². The molecule has 5 aromatic rings. The van der Waals surface area contributed by atoms with Gasteiger partial charge in [-0.15, -0.1) is 0 Å². The summed E-state index contributed by atoms with van der Waals surface area (Å²) in [5, 5.41) is 0. The molecule has 4 aromatic carbocycles. The number of hydrogen-bond acceptors (Lipinski definition) is 6. The molecule has 0 fully saturated rings. The lowest BCUT2D eigenvalue weighted by Gasteiger charge is -2.26. The van der Waals surface area contributed by atoms with Crippen molar-refractivity contribution in [1.82, 2.24) is 9.55 Å². The van der Waals surface area contributed by atoms with Crippen LogP contribution in [0.2, 0.25) is 0 Å². The number of anilines is 4. The summed E-state index contributed by atoms with van der Waals surface area (Å²) in [5.41, 5.74) is 18.7. The lowest BCUT2D eigenvalue weighted by Crippen LogP contribution is -2.25. The van der Waals surface area contributed by atoms with E-state index in [0.29, 0.717) is 11.6 Å². The highest BCUT2D eigenvalue weighted by atomic mass is 32.1. The van der Waals surface area contributed by atoms with Gasteiger partial charge in [0.05, 0.1) is 22.4 Å². The van der Waals surface area contributed by atoms with Crippen LogP contribution >= 0.6 is 12.8 Å². The van der Waals surface area contributed by atoms with Crippen LogP contribution in [0.4, 0.5) is 22.7 Å². The highest BCUT2D eigenvalue weighted by molar-refractivity contribution is 7.81. The molecule has 0 spiro atoms. The Morgan fingerprint density at radius 2 is 1.05 bits per heavy atom. The Kier molecular flexibility index (Phi) is 16.9. The molecule has 6 nitrogen and oxygen atoms in total. The van der Waals surface area contributed by atoms with Crippen molar-refractivity contribution < 1.29 is 0 Å². The largest absolute Gasteiger partial charge is 0.396 e. The molecule has 0 aliphatic carbocycles. The molecule has 0 aliphatic rings. The molecule has 56 heavy (non-hydrogen) atoms. The van der Waals surface area contributed by atoms with E-state index in [9.17, 15) is 0 Å². The quantitative estimate of drug-likeness (QED) is 0.0331. The van der Waals surface area contributed by atoms with Gasteiger partial charge in [0, 0.05) is 60.8 Å². The van der Waals surface area contributed by atoms with Crippen LogP contribution in [0.5, 0.6) is 0 Å². The molecular weight excluding hydrogens is 705 g/mol. The first-order valence-corrected chi connectivity index (χ1v) is 22.3. The van der Waals surface area contributed by atoms with Crippen molar-refractivity contribution in [3.8, 4) is 33.6 Å². The maximum Gasteiger partial charge on any atom is 0.141 e. The van der Waals surface area contributed by atoms with Crippen LogP contribution in [0.1, 0.15) is 119 Å². The van der Waals surface area contributed by atoms with Crippen LogP contribution in [-0.4, -0.2) is 35.7 Å². The number of hydrogen-bond donors (Lipinski definition) is 3. The number of nitrogens with two attached hydrogens (primary N) is 1. The zero-order chi connectivity index (χ0) is 39.9. The maximum absolute atomic E-state index is 7.38. The van der Waals surface area contributed by atoms with E-state index in [1.54, 1.807) is 0 Å². The molecule has 7 heteroatoms. The Bertz CT molecular complexity index is 1880. The number of fused-ring (bicyclic) bond motifs is 1. The normalized spacial score (nSPS) is 11.5. The van der Waals surface area contributed by atoms with E-state index < -0.39 is 0 Å². The molecule has 0 unspecified atom stereocenters. The van der Waals surface area contributed by atoms with Crippen molar-refractivity contribution in [2.75, 3.05) is 46.4 Å². The molecule has 1 heterocycles. The lowest BCUT2D eigenvalue weighted by molar-refractivity contribution is 0.537. The first-order valence-electron chi connectivity index (χ1n) is 21.9. The fraction of sp³-hybridized carbons (Fsp3) is 0.490. The number of nitrogen functional groups attached to an aromatic ring is 1. The second kappa shape index (κ2) is 22.0. The molecule has 0 radical (unpaired) electrons. The van der Waals surface area contributed by atoms with E-state index in [1.807, 2.05) is 0 Å². The predicted molar refractivity (Wildman–Crippen MR) is 250 cm³/mol. The fourth-order valence-electron chi connectivity index (χ4n) is 8.05. The smallest absolute Gasteiger partial charge is 0.141 e. The average Bonchev–Trinajstić information content (AvgIpc) is 3.57. The van der Waals surface area contributed by atoms with Crippen LogP contribution in [0.15, 0.2) is 78.9 Å². The monoisotopic (exact) mass is 775 g/mol. The predicted octanol–water partition coefficient (Wildman–Crippen LogP) is 13.9. The number of imidazole rings is 1. The third-order valence-corrected chi connectivity index (χ3v) is 11.3. The van der Waals surface area contributed by atoms with E-state index >= 15 is 0 Å². The average molecular weight is 775 g/mol. The summed E-state index contributed by atoms with van der Waals surface area (Å²) in [6, 6.07) is 28.8. The van der Waals surface area contributed by atoms with Gasteiger partial charge < -0.3 is 24.8 Å². The Labute approximate surface area is 344 Å². The van der Waals surface area contributed by atoms with E-state index in [-0.39, 0.29) is 0 Å². The van der Waals surface area contributed by atoms with Gasteiger partial charge in [0.15, 0.2) is 0 Å². The van der Waals surface area contributed by atoms with Crippen molar-refractivity contribution in [2.45, 2.75) is 125 Å². The summed E-state index contributed by atoms with van der Waals surface area (Å²) in [4.78, 5) is 10.7. The highest BCUT2D eigenvalue weighted by Gasteiger charge is 2.27. The van der Waals surface area contributed by atoms with Gasteiger partial charge in [0.2, 0.25) is 0 Å². The number of benzene rings is 4. The van der Waals surface area contributed by atoms with E-state index in [1.165, 1.54) is 88.4 Å². The van der Waals surface area contributed by atoms with Gasteiger partial charge in [-0.25, -0.2) is 4.98 Å². The van der Waals surface area contributed by atoms with Crippen LogP contribution in [-0.2, 0) is 6.54 Å². The Morgan fingerprint density at radius 1 is 0.607 bits per heavy atom. The fourth-order valence-corrected chi connectivity index (χ4v) is 8.29. The summed E-state index contributed by atoms with van der Waals surface area (Å²) < 4.78 is 5.69. The number of unbranched alkanes of at least 4 members (excludes halogenated alkanes) is 8. The van der Waals surface area contributed by atoms with Crippen molar-refractivity contribution in [3.05, 3.63) is 78.9 Å². The number of nitrogens with zero attached hydrogens (tertiary/aromatic N) is 4. The maximum atomic E-state index is 7.38. The second-order valence-corrected chi connectivity index (χ2v) is 16.3. The van der Waals surface area contributed by atoms with Crippen LogP contribution in [0.3, 0.4) is 0 Å². The van der Waals surface area contributed by atoms with E-state index in [0.717, 1.165) is 83.1 Å². The van der Waals surface area contributed by atoms with Crippen molar-refractivity contribution in [2.24, 2.45) is 5.92 Å². The molecule has 0 saturated heterocycles. The third-order valence-electron chi connectivity index (χ3n) is 11.1. The molecular formula is C49H70N6S. The second-order valence-electron chi connectivity index (χ2n) is 16.0. The van der Waals surface area contributed by atoms with E-state index in [2.05, 4.69) is 139 Å². The van der Waals surface area contributed by atoms with Crippen molar-refractivity contribution in [1.29, 1.82) is 0 Å². The number of nitrogens with one attached hydrogen (secondary N) is 1. The van der Waals surface area contributed by atoms with Gasteiger partial charge >= 0.3 is 0 Å². The minimum absolute atomic E-state index is 0.392. The summed E-state index contributed by atoms with van der Waals surface area (Å²) in [6.45, 7) is 18.8.